The quantitative estimate of drug-likeness (QED) is 0.273. The van der Waals surface area contributed by atoms with Crippen LogP contribution < -0.4 is 10.4 Å². The van der Waals surface area contributed by atoms with Crippen LogP contribution in [0, 0.1) is 11.8 Å². The second-order valence-corrected chi connectivity index (χ2v) is 9.65. The van der Waals surface area contributed by atoms with Crippen molar-refractivity contribution in [3.8, 4) is 11.8 Å². The molecule has 1 saturated heterocycles. The molecule has 2 rings (SSSR count). The highest BCUT2D eigenvalue weighted by Crippen LogP contribution is 2.30. The molecule has 0 spiro atoms. The molecule has 0 bridgehead atoms. The summed E-state index contributed by atoms with van der Waals surface area (Å²) in [7, 11) is -2.25. The highest BCUT2D eigenvalue weighted by molar-refractivity contribution is 7.92. The lowest BCUT2D eigenvalue weighted by atomic mass is 10.0. The molecular formula is C20H26N2O7S. The van der Waals surface area contributed by atoms with Gasteiger partial charge in [0, 0.05) is 44.1 Å². The summed E-state index contributed by atoms with van der Waals surface area (Å²) in [6, 6.07) is 7.00. The predicted octanol–water partition coefficient (Wildman–Crippen LogP) is 1.49. The van der Waals surface area contributed by atoms with Gasteiger partial charge in [-0.3, -0.25) is 14.9 Å². The molecule has 1 aromatic rings. The smallest absolute Gasteiger partial charge is 0.414 e. The maximum Gasteiger partial charge on any atom is 0.414 e. The SMILES string of the molecule is COCCCC#Cc1ccc(N2C[C@H](C[C@](C)(C(=O)NO)S(C)(=O)=O)OC2=O)cc1. The number of rotatable bonds is 8. The molecule has 2 amide bonds. The van der Waals surface area contributed by atoms with Crippen molar-refractivity contribution in [1.82, 2.24) is 5.48 Å². The number of hydroxylamine groups is 1. The third-order valence-corrected chi connectivity index (χ3v) is 6.94. The van der Waals surface area contributed by atoms with E-state index in [0.29, 0.717) is 12.3 Å². The van der Waals surface area contributed by atoms with Gasteiger partial charge in [0.1, 0.15) is 6.10 Å². The van der Waals surface area contributed by atoms with Gasteiger partial charge in [0.15, 0.2) is 14.6 Å². The Morgan fingerprint density at radius 2 is 2.07 bits per heavy atom. The summed E-state index contributed by atoms with van der Waals surface area (Å²) in [6.07, 6.45) is 0.699. The zero-order valence-electron chi connectivity index (χ0n) is 17.2. The molecule has 30 heavy (non-hydrogen) atoms. The number of benzene rings is 1. The van der Waals surface area contributed by atoms with Crippen molar-refractivity contribution in [2.45, 2.75) is 37.0 Å². The van der Waals surface area contributed by atoms with E-state index in [2.05, 4.69) is 11.8 Å². The van der Waals surface area contributed by atoms with Crippen molar-refractivity contribution in [2.24, 2.45) is 0 Å². The largest absolute Gasteiger partial charge is 0.444 e. The molecule has 0 radical (unpaired) electrons. The van der Waals surface area contributed by atoms with E-state index < -0.39 is 32.7 Å². The van der Waals surface area contributed by atoms with E-state index >= 15 is 0 Å². The van der Waals surface area contributed by atoms with Gasteiger partial charge in [-0.05, 0) is 37.6 Å². The van der Waals surface area contributed by atoms with Crippen molar-refractivity contribution in [2.75, 3.05) is 31.4 Å². The number of nitrogens with zero attached hydrogens (tertiary/aromatic N) is 1. The number of hydrogen-bond acceptors (Lipinski definition) is 7. The van der Waals surface area contributed by atoms with Crippen LogP contribution in [0.5, 0.6) is 0 Å². The number of hydrogen-bond donors (Lipinski definition) is 2. The zero-order valence-corrected chi connectivity index (χ0v) is 18.0. The molecule has 1 heterocycles. The minimum atomic E-state index is -3.89. The van der Waals surface area contributed by atoms with Crippen LogP contribution >= 0.6 is 0 Å². The molecule has 0 aliphatic carbocycles. The summed E-state index contributed by atoms with van der Waals surface area (Å²) in [5.41, 5.74) is 2.75. The molecule has 2 atom stereocenters. The van der Waals surface area contributed by atoms with Crippen LogP contribution in [0.1, 0.15) is 31.7 Å². The first-order valence-electron chi connectivity index (χ1n) is 9.32. The Labute approximate surface area is 176 Å². The average molecular weight is 439 g/mol. The van der Waals surface area contributed by atoms with Crippen LogP contribution in [0.2, 0.25) is 0 Å². The number of ether oxygens (including phenoxy) is 2. The lowest BCUT2D eigenvalue weighted by Gasteiger charge is -2.26. The maximum atomic E-state index is 12.3. The number of carbonyl (C=O) groups is 2. The molecule has 1 aliphatic heterocycles. The van der Waals surface area contributed by atoms with Gasteiger partial charge in [-0.1, -0.05) is 11.8 Å². The third-order valence-electron chi connectivity index (χ3n) is 4.95. The van der Waals surface area contributed by atoms with Crippen molar-refractivity contribution >= 4 is 27.5 Å². The van der Waals surface area contributed by atoms with Crippen molar-refractivity contribution in [3.05, 3.63) is 29.8 Å². The lowest BCUT2D eigenvalue weighted by Crippen LogP contribution is -2.51. The second-order valence-electron chi connectivity index (χ2n) is 7.21. The summed E-state index contributed by atoms with van der Waals surface area (Å²) >= 11 is 0. The molecule has 0 aromatic heterocycles. The van der Waals surface area contributed by atoms with Crippen molar-refractivity contribution in [1.29, 1.82) is 0 Å². The summed E-state index contributed by atoms with van der Waals surface area (Å²) in [4.78, 5) is 25.6. The number of anilines is 1. The van der Waals surface area contributed by atoms with Crippen LogP contribution in [0.3, 0.4) is 0 Å². The Balaban J connectivity index is 2.07. The predicted molar refractivity (Wildman–Crippen MR) is 110 cm³/mol. The van der Waals surface area contributed by atoms with Gasteiger partial charge in [0.05, 0.1) is 6.54 Å². The van der Waals surface area contributed by atoms with Gasteiger partial charge in [-0.15, -0.1) is 0 Å². The normalized spacial score (nSPS) is 18.2. The molecule has 1 fully saturated rings. The molecule has 10 heteroatoms. The fourth-order valence-electron chi connectivity index (χ4n) is 3.00. The van der Waals surface area contributed by atoms with Gasteiger partial charge in [0.2, 0.25) is 0 Å². The van der Waals surface area contributed by atoms with E-state index in [-0.39, 0.29) is 13.0 Å². The number of methoxy groups -OCH3 is 1. The van der Waals surface area contributed by atoms with E-state index in [4.69, 9.17) is 14.7 Å². The molecule has 0 saturated carbocycles. The van der Waals surface area contributed by atoms with Gasteiger partial charge in [-0.2, -0.15) is 0 Å². The standard InChI is InChI=1S/C20H26N2O7S/c1-20(18(23)21-25,30(3,26)27)13-17-14-22(19(24)29-17)16-10-8-15(9-11-16)7-5-4-6-12-28-2/h8-11,17,25H,4,6,12-14H2,1-3H3,(H,21,23)/t17-,20+/m0/s1. The molecule has 9 nitrogen and oxygen atoms in total. The van der Waals surface area contributed by atoms with E-state index in [1.165, 1.54) is 17.3 Å². The highest BCUT2D eigenvalue weighted by atomic mass is 32.2. The Kier molecular flexibility index (Phi) is 7.83. The summed E-state index contributed by atoms with van der Waals surface area (Å²) in [6.45, 7) is 1.92. The molecule has 164 valence electrons. The lowest BCUT2D eigenvalue weighted by molar-refractivity contribution is -0.132. The maximum absolute atomic E-state index is 12.3. The molecule has 2 N–H and O–H groups in total. The van der Waals surface area contributed by atoms with E-state index in [1.807, 2.05) is 0 Å². The Morgan fingerprint density at radius 1 is 1.40 bits per heavy atom. The Morgan fingerprint density at radius 3 is 2.63 bits per heavy atom. The first-order chi connectivity index (χ1) is 14.1. The zero-order chi connectivity index (χ0) is 22.4. The van der Waals surface area contributed by atoms with Crippen LogP contribution in [0.25, 0.3) is 0 Å². The summed E-state index contributed by atoms with van der Waals surface area (Å²) in [5, 5.41) is 8.92. The van der Waals surface area contributed by atoms with E-state index in [0.717, 1.165) is 24.7 Å². The summed E-state index contributed by atoms with van der Waals surface area (Å²) in [5.74, 6) is 5.00. The average Bonchev–Trinajstić information content (AvgIpc) is 3.06. The Hall–Kier alpha value is -2.61. The second kappa shape index (κ2) is 9.93. The number of amides is 2. The van der Waals surface area contributed by atoms with Gasteiger partial charge < -0.3 is 9.47 Å². The third kappa shape index (κ3) is 5.50. The van der Waals surface area contributed by atoms with Gasteiger partial charge in [0.25, 0.3) is 5.91 Å². The number of nitrogens with one attached hydrogen (secondary N) is 1. The monoisotopic (exact) mass is 438 g/mol. The van der Waals surface area contributed by atoms with Crippen LogP contribution in [0.4, 0.5) is 10.5 Å². The number of sulfone groups is 1. The minimum Gasteiger partial charge on any atom is -0.444 e. The molecule has 1 aromatic carbocycles. The van der Waals surface area contributed by atoms with Gasteiger partial charge in [-0.25, -0.2) is 18.7 Å². The van der Waals surface area contributed by atoms with Crippen molar-refractivity contribution in [3.63, 3.8) is 0 Å². The number of carbonyl (C=O) groups excluding carboxylic acids is 2. The van der Waals surface area contributed by atoms with Gasteiger partial charge >= 0.3 is 6.09 Å². The molecular weight excluding hydrogens is 412 g/mol. The Bertz CT molecular complexity index is 934. The van der Waals surface area contributed by atoms with Crippen LogP contribution in [0.15, 0.2) is 24.3 Å². The number of cyclic esters (lactones) is 1. The first kappa shape index (κ1) is 23.7. The van der Waals surface area contributed by atoms with Crippen LogP contribution in [-0.2, 0) is 24.1 Å². The van der Waals surface area contributed by atoms with E-state index in [1.54, 1.807) is 31.4 Å². The fraction of sp³-hybridized carbons (Fsp3) is 0.500. The van der Waals surface area contributed by atoms with Crippen molar-refractivity contribution < 1.29 is 32.7 Å². The minimum absolute atomic E-state index is 0.0741. The van der Waals surface area contributed by atoms with E-state index in [9.17, 15) is 18.0 Å². The topological polar surface area (TPSA) is 122 Å². The van der Waals surface area contributed by atoms with Crippen LogP contribution in [-0.4, -0.2) is 63.0 Å². The molecule has 1 aliphatic rings. The molecule has 0 unspecified atom stereocenters. The first-order valence-corrected chi connectivity index (χ1v) is 11.2. The number of unbranched alkanes of at least 4 members (excludes halogenated alkanes) is 1. The highest BCUT2D eigenvalue weighted by Gasteiger charge is 2.48. The fourth-order valence-corrected chi connectivity index (χ4v) is 3.87. The summed E-state index contributed by atoms with van der Waals surface area (Å²) < 4.78 is 32.5.